The average molecular weight is 277 g/mol. The SMILES string of the molecule is C[Si](C)(O[SiH3])c1ccoc1[Si](C)(C)O[SiH3]. The molecule has 3 nitrogen and oxygen atoms in total. The normalized spacial score (nSPS) is 13.6. The van der Waals surface area contributed by atoms with Gasteiger partial charge in [0.15, 0.2) is 0 Å². The molecule has 0 aliphatic heterocycles. The Balaban J connectivity index is 3.18. The smallest absolute Gasteiger partial charge is 0.246 e. The van der Waals surface area contributed by atoms with E-state index in [1.807, 2.05) is 0 Å². The number of hydrogen-bond donors (Lipinski definition) is 0. The van der Waals surface area contributed by atoms with Gasteiger partial charge in [-0.1, -0.05) is 0 Å². The van der Waals surface area contributed by atoms with Crippen molar-refractivity contribution < 1.29 is 12.6 Å². The maximum Gasteiger partial charge on any atom is 0.246 e. The Morgan fingerprint density at radius 2 is 1.60 bits per heavy atom. The minimum absolute atomic E-state index is 0.765. The summed E-state index contributed by atoms with van der Waals surface area (Å²) in [7, 11) is -1.99. The second-order valence-corrected chi connectivity index (χ2v) is 14.9. The van der Waals surface area contributed by atoms with Crippen LogP contribution in [0.1, 0.15) is 0 Å². The maximum atomic E-state index is 5.76. The van der Waals surface area contributed by atoms with E-state index in [4.69, 9.17) is 12.6 Å². The van der Waals surface area contributed by atoms with Gasteiger partial charge < -0.3 is 12.6 Å². The molecule has 1 rings (SSSR count). The van der Waals surface area contributed by atoms with E-state index in [9.17, 15) is 0 Å². The molecule has 7 heteroatoms. The predicted octanol–water partition coefficient (Wildman–Crippen LogP) is -1.30. The summed E-state index contributed by atoms with van der Waals surface area (Å²) < 4.78 is 17.1. The number of hydrogen-bond acceptors (Lipinski definition) is 3. The van der Waals surface area contributed by atoms with Gasteiger partial charge in [-0.05, 0) is 32.3 Å². The summed E-state index contributed by atoms with van der Waals surface area (Å²) >= 11 is 0. The first-order chi connectivity index (χ1) is 6.85. The highest BCUT2D eigenvalue weighted by Crippen LogP contribution is 2.08. The lowest BCUT2D eigenvalue weighted by Gasteiger charge is -2.26. The highest BCUT2D eigenvalue weighted by Gasteiger charge is 2.37. The molecule has 0 aromatic carbocycles. The van der Waals surface area contributed by atoms with Gasteiger partial charge in [-0.3, -0.25) is 0 Å². The quantitative estimate of drug-likeness (QED) is 0.641. The summed E-state index contributed by atoms with van der Waals surface area (Å²) in [5, 5.41) is 2.36. The lowest BCUT2D eigenvalue weighted by atomic mass is 10.7. The van der Waals surface area contributed by atoms with Crippen LogP contribution in [0.5, 0.6) is 0 Å². The molecule has 0 bridgehead atoms. The van der Waals surface area contributed by atoms with Crippen molar-refractivity contribution in [2.45, 2.75) is 26.2 Å². The molecule has 0 radical (unpaired) electrons. The van der Waals surface area contributed by atoms with Crippen molar-refractivity contribution in [3.05, 3.63) is 12.3 Å². The predicted molar refractivity (Wildman–Crippen MR) is 75.0 cm³/mol. The Labute approximate surface area is 99.5 Å². The van der Waals surface area contributed by atoms with Crippen molar-refractivity contribution in [2.75, 3.05) is 0 Å². The molecule has 0 amide bonds. The minimum atomic E-state index is -1.81. The molecule has 1 aromatic heterocycles. The van der Waals surface area contributed by atoms with Crippen molar-refractivity contribution in [3.63, 3.8) is 0 Å². The molecule has 0 atom stereocenters. The molecule has 0 unspecified atom stereocenters. The molecule has 1 heterocycles. The Hall–Kier alpha value is 0.0675. The van der Waals surface area contributed by atoms with Gasteiger partial charge in [-0.15, -0.1) is 0 Å². The molecule has 15 heavy (non-hydrogen) atoms. The van der Waals surface area contributed by atoms with Gasteiger partial charge in [0.05, 0.1) is 6.26 Å². The van der Waals surface area contributed by atoms with Crippen LogP contribution in [0.15, 0.2) is 16.7 Å². The van der Waals surface area contributed by atoms with Crippen molar-refractivity contribution in [2.24, 2.45) is 0 Å². The van der Waals surface area contributed by atoms with E-state index < -0.39 is 16.6 Å². The van der Waals surface area contributed by atoms with Crippen LogP contribution in [0.2, 0.25) is 26.2 Å². The summed E-state index contributed by atoms with van der Waals surface area (Å²) in [5.41, 5.74) is 0. The van der Waals surface area contributed by atoms with E-state index in [2.05, 4.69) is 32.3 Å². The van der Waals surface area contributed by atoms with Gasteiger partial charge in [0, 0.05) is 5.19 Å². The first kappa shape index (κ1) is 13.1. The Morgan fingerprint density at radius 1 is 1.07 bits per heavy atom. The zero-order valence-electron chi connectivity index (χ0n) is 10.4. The Bertz CT molecular complexity index is 304. The monoisotopic (exact) mass is 276 g/mol. The van der Waals surface area contributed by atoms with E-state index in [0.29, 0.717) is 0 Å². The lowest BCUT2D eigenvalue weighted by Crippen LogP contribution is -2.59. The van der Waals surface area contributed by atoms with Gasteiger partial charge in [0.25, 0.3) is 0 Å². The fraction of sp³-hybridized carbons (Fsp3) is 0.500. The van der Waals surface area contributed by atoms with Crippen LogP contribution in [0.3, 0.4) is 0 Å². The molecule has 0 aliphatic rings. The summed E-state index contributed by atoms with van der Waals surface area (Å²) in [6.45, 7) is 8.79. The van der Waals surface area contributed by atoms with Crippen molar-refractivity contribution in [3.8, 4) is 0 Å². The van der Waals surface area contributed by atoms with E-state index in [1.54, 1.807) is 6.26 Å². The van der Waals surface area contributed by atoms with Crippen molar-refractivity contribution in [1.82, 2.24) is 0 Å². The van der Waals surface area contributed by atoms with Crippen LogP contribution < -0.4 is 10.6 Å². The average Bonchev–Trinajstić information content (AvgIpc) is 2.67. The second-order valence-electron chi connectivity index (χ2n) is 4.59. The summed E-state index contributed by atoms with van der Waals surface area (Å²) in [4.78, 5) is 0. The van der Waals surface area contributed by atoms with E-state index >= 15 is 0 Å². The molecule has 1 aromatic rings. The fourth-order valence-electron chi connectivity index (χ4n) is 1.45. The van der Waals surface area contributed by atoms with Gasteiger partial charge in [-0.25, -0.2) is 0 Å². The zero-order valence-corrected chi connectivity index (χ0v) is 16.4. The standard InChI is InChI=1S/C8H20O3Si4/c1-14(2,10-12)7-5-6-9-8(7)15(3,4)11-13/h5-6H,1-4,12-13H3. The zero-order chi connectivity index (χ0) is 11.7. The molecular formula is C8H20O3Si4. The second kappa shape index (κ2) is 4.51. The van der Waals surface area contributed by atoms with Crippen LogP contribution in [0.4, 0.5) is 0 Å². The third-order valence-electron chi connectivity index (χ3n) is 2.88. The Morgan fingerprint density at radius 3 is 2.07 bits per heavy atom. The number of rotatable bonds is 4. The summed E-state index contributed by atoms with van der Waals surface area (Å²) in [6, 6.07) is 2.06. The highest BCUT2D eigenvalue weighted by atomic mass is 28.4. The molecule has 0 fully saturated rings. The van der Waals surface area contributed by atoms with Crippen molar-refractivity contribution >= 4 is 48.2 Å². The molecular weight excluding hydrogens is 256 g/mol. The first-order valence-electron chi connectivity index (χ1n) is 5.04. The third-order valence-corrected chi connectivity index (χ3v) is 14.5. The lowest BCUT2D eigenvalue weighted by molar-refractivity contribution is 0.558. The Kier molecular flexibility index (Phi) is 3.95. The number of furan rings is 1. The summed E-state index contributed by atoms with van der Waals surface area (Å²) in [6.07, 6.45) is 1.77. The highest BCUT2D eigenvalue weighted by molar-refractivity contribution is 6.95. The maximum absolute atomic E-state index is 5.76. The topological polar surface area (TPSA) is 31.6 Å². The minimum Gasteiger partial charge on any atom is -0.472 e. The van der Waals surface area contributed by atoms with Crippen LogP contribution >= 0.6 is 0 Å². The largest absolute Gasteiger partial charge is 0.472 e. The van der Waals surface area contributed by atoms with Crippen LogP contribution in [0, 0.1) is 0 Å². The van der Waals surface area contributed by atoms with Crippen LogP contribution in [-0.4, -0.2) is 37.6 Å². The van der Waals surface area contributed by atoms with Crippen LogP contribution in [0.25, 0.3) is 0 Å². The van der Waals surface area contributed by atoms with E-state index in [0.717, 1.165) is 26.4 Å². The van der Waals surface area contributed by atoms with Crippen molar-refractivity contribution in [1.29, 1.82) is 0 Å². The molecule has 0 N–H and O–H groups in total. The van der Waals surface area contributed by atoms with E-state index in [1.165, 1.54) is 5.19 Å². The third kappa shape index (κ3) is 2.60. The molecule has 0 aliphatic carbocycles. The van der Waals surface area contributed by atoms with Gasteiger partial charge in [0.1, 0.15) is 26.4 Å². The summed E-state index contributed by atoms with van der Waals surface area (Å²) in [5.74, 6) is 0. The van der Waals surface area contributed by atoms with Crippen LogP contribution in [-0.2, 0) is 8.23 Å². The fourth-order valence-corrected chi connectivity index (χ4v) is 7.04. The van der Waals surface area contributed by atoms with Gasteiger partial charge in [-0.2, -0.15) is 0 Å². The molecule has 0 saturated carbocycles. The molecule has 0 spiro atoms. The molecule has 0 saturated heterocycles. The first-order valence-corrected chi connectivity index (χ1v) is 12.5. The van der Waals surface area contributed by atoms with Gasteiger partial charge >= 0.3 is 0 Å². The molecule has 86 valence electrons. The van der Waals surface area contributed by atoms with Gasteiger partial charge in [0.2, 0.25) is 16.6 Å². The van der Waals surface area contributed by atoms with E-state index in [-0.39, 0.29) is 0 Å².